The number of alkyl carbamates (subject to hydrolysis) is 1. The van der Waals surface area contributed by atoms with Crippen LogP contribution < -0.4 is 5.32 Å². The van der Waals surface area contributed by atoms with Gasteiger partial charge in [0.15, 0.2) is 0 Å². The Labute approximate surface area is 238 Å². The lowest BCUT2D eigenvalue weighted by Gasteiger charge is -2.42. The largest absolute Gasteiger partial charge is 0.445 e. The number of fused-ring (bicyclic) bond motifs is 1. The van der Waals surface area contributed by atoms with Crippen LogP contribution in [0.4, 0.5) is 4.79 Å². The molecule has 2 aromatic carbocycles. The Bertz CT molecular complexity index is 1270. The van der Waals surface area contributed by atoms with Crippen LogP contribution in [0.3, 0.4) is 0 Å². The van der Waals surface area contributed by atoms with Gasteiger partial charge in [0.2, 0.25) is 0 Å². The smallest absolute Gasteiger partial charge is 0.407 e. The lowest BCUT2D eigenvalue weighted by atomic mass is 9.79. The highest BCUT2D eigenvalue weighted by molar-refractivity contribution is 6.01. The van der Waals surface area contributed by atoms with E-state index >= 15 is 0 Å². The second kappa shape index (κ2) is 13.4. The fourth-order valence-corrected chi connectivity index (χ4v) is 6.76. The molecule has 1 saturated heterocycles. The summed E-state index contributed by atoms with van der Waals surface area (Å²) in [5.41, 5.74) is 4.15. The molecule has 2 aliphatic rings. The van der Waals surface area contributed by atoms with Crippen molar-refractivity contribution >= 4 is 23.2 Å². The van der Waals surface area contributed by atoms with E-state index in [0.717, 1.165) is 66.0 Å². The van der Waals surface area contributed by atoms with E-state index in [1.807, 2.05) is 30.3 Å². The topological polar surface area (TPSA) is 68.1 Å². The first-order chi connectivity index (χ1) is 19.5. The van der Waals surface area contributed by atoms with Gasteiger partial charge in [0.1, 0.15) is 13.7 Å². The SMILES string of the molecule is CON=Cc1c(CNC(=O)OCc2ccccc2)n(C2CCN([C@H]3CC[C@@H](C(C)C)CC3)CC2)c2ccccc12. The zero-order valence-electron chi connectivity index (χ0n) is 24.2. The van der Waals surface area contributed by atoms with Crippen LogP contribution in [0.5, 0.6) is 0 Å². The van der Waals surface area contributed by atoms with Crippen molar-refractivity contribution in [3.05, 3.63) is 71.4 Å². The first-order valence-corrected chi connectivity index (χ1v) is 14.9. The molecule has 1 N–H and O–H groups in total. The van der Waals surface area contributed by atoms with Crippen molar-refractivity contribution in [1.29, 1.82) is 0 Å². The van der Waals surface area contributed by atoms with Crippen LogP contribution in [0, 0.1) is 11.8 Å². The summed E-state index contributed by atoms with van der Waals surface area (Å²) in [4.78, 5) is 20.5. The highest BCUT2D eigenvalue weighted by Crippen LogP contribution is 2.37. The summed E-state index contributed by atoms with van der Waals surface area (Å²) in [7, 11) is 1.55. The van der Waals surface area contributed by atoms with E-state index < -0.39 is 6.09 Å². The Balaban J connectivity index is 1.31. The fourth-order valence-electron chi connectivity index (χ4n) is 6.76. The molecule has 3 aromatic rings. The van der Waals surface area contributed by atoms with Crippen LogP contribution in [0.1, 0.15) is 75.2 Å². The molecule has 1 aliphatic carbocycles. The van der Waals surface area contributed by atoms with Crippen molar-refractivity contribution in [2.24, 2.45) is 17.0 Å². The Hall–Kier alpha value is -3.32. The van der Waals surface area contributed by atoms with E-state index in [2.05, 4.69) is 58.1 Å². The van der Waals surface area contributed by atoms with E-state index in [1.165, 1.54) is 31.2 Å². The van der Waals surface area contributed by atoms with Crippen molar-refractivity contribution in [3.63, 3.8) is 0 Å². The van der Waals surface area contributed by atoms with E-state index in [1.54, 1.807) is 13.3 Å². The number of carbonyl (C=O) groups is 1. The van der Waals surface area contributed by atoms with Crippen LogP contribution in [0.15, 0.2) is 59.8 Å². The van der Waals surface area contributed by atoms with Gasteiger partial charge in [0.05, 0.1) is 12.8 Å². The number of piperidine rings is 1. The number of likely N-dealkylation sites (tertiary alicyclic amines) is 1. The van der Waals surface area contributed by atoms with Crippen molar-refractivity contribution in [1.82, 2.24) is 14.8 Å². The van der Waals surface area contributed by atoms with Gasteiger partial charge in [0, 0.05) is 47.3 Å². The summed E-state index contributed by atoms with van der Waals surface area (Å²) < 4.78 is 7.95. The van der Waals surface area contributed by atoms with Gasteiger partial charge in [-0.15, -0.1) is 0 Å². The van der Waals surface area contributed by atoms with Gasteiger partial charge < -0.3 is 24.4 Å². The molecule has 1 amide bonds. The number of nitrogens with zero attached hydrogens (tertiary/aromatic N) is 3. The predicted octanol–water partition coefficient (Wildman–Crippen LogP) is 6.90. The average Bonchev–Trinajstić information content (AvgIpc) is 3.31. The second-order valence-electron chi connectivity index (χ2n) is 11.7. The molecule has 0 bridgehead atoms. The number of para-hydroxylation sites is 1. The molecule has 0 atom stereocenters. The van der Waals surface area contributed by atoms with Crippen LogP contribution in [-0.2, 0) is 22.7 Å². The zero-order chi connectivity index (χ0) is 27.9. The quantitative estimate of drug-likeness (QED) is 0.235. The van der Waals surface area contributed by atoms with E-state index in [4.69, 9.17) is 9.57 Å². The number of rotatable bonds is 9. The van der Waals surface area contributed by atoms with Gasteiger partial charge >= 0.3 is 6.09 Å². The molecule has 0 radical (unpaired) electrons. The molecule has 1 aliphatic heterocycles. The highest BCUT2D eigenvalue weighted by atomic mass is 16.6. The number of carbonyl (C=O) groups excluding carboxylic acids is 1. The Morgan fingerprint density at radius 1 is 0.975 bits per heavy atom. The molecule has 2 heterocycles. The van der Waals surface area contributed by atoms with Crippen LogP contribution in [0.25, 0.3) is 10.9 Å². The highest BCUT2D eigenvalue weighted by Gasteiger charge is 2.32. The zero-order valence-corrected chi connectivity index (χ0v) is 24.2. The number of nitrogens with one attached hydrogen (secondary N) is 1. The maximum Gasteiger partial charge on any atom is 0.407 e. The summed E-state index contributed by atoms with van der Waals surface area (Å²) in [6, 6.07) is 19.3. The van der Waals surface area contributed by atoms with E-state index in [-0.39, 0.29) is 6.61 Å². The maximum absolute atomic E-state index is 12.7. The molecule has 7 nitrogen and oxygen atoms in total. The lowest BCUT2D eigenvalue weighted by molar-refractivity contribution is 0.0888. The Kier molecular flexibility index (Phi) is 9.42. The summed E-state index contributed by atoms with van der Waals surface area (Å²) >= 11 is 0. The van der Waals surface area contributed by atoms with Crippen molar-refractivity contribution in [2.75, 3.05) is 20.2 Å². The van der Waals surface area contributed by atoms with Crippen molar-refractivity contribution in [2.45, 2.75) is 77.6 Å². The van der Waals surface area contributed by atoms with Crippen LogP contribution in [-0.4, -0.2) is 48.0 Å². The van der Waals surface area contributed by atoms with E-state index in [0.29, 0.717) is 12.6 Å². The lowest BCUT2D eigenvalue weighted by Crippen LogP contribution is -2.44. The number of amides is 1. The fraction of sp³-hybridized carbons (Fsp3) is 0.515. The Morgan fingerprint density at radius 2 is 1.68 bits per heavy atom. The number of benzene rings is 2. The van der Waals surface area contributed by atoms with E-state index in [9.17, 15) is 4.79 Å². The monoisotopic (exact) mass is 544 g/mol. The second-order valence-corrected chi connectivity index (χ2v) is 11.7. The number of hydrogen-bond donors (Lipinski definition) is 1. The molecule has 1 saturated carbocycles. The van der Waals surface area contributed by atoms with Gasteiger partial charge in [-0.3, -0.25) is 0 Å². The van der Waals surface area contributed by atoms with Crippen LogP contribution in [0.2, 0.25) is 0 Å². The van der Waals surface area contributed by atoms with Gasteiger partial charge in [-0.05, 0) is 62.0 Å². The molecule has 2 fully saturated rings. The molecule has 0 spiro atoms. The minimum Gasteiger partial charge on any atom is -0.445 e. The normalized spacial score (nSPS) is 20.8. The molecule has 1 aromatic heterocycles. The van der Waals surface area contributed by atoms with Gasteiger partial charge in [-0.2, -0.15) is 0 Å². The van der Waals surface area contributed by atoms with Gasteiger partial charge in [0.25, 0.3) is 0 Å². The summed E-state index contributed by atoms with van der Waals surface area (Å²) in [5.74, 6) is 1.69. The summed E-state index contributed by atoms with van der Waals surface area (Å²) in [6.07, 6.45) is 8.92. The molecule has 7 heteroatoms. The third kappa shape index (κ3) is 6.52. The molecule has 214 valence electrons. The molecule has 5 rings (SSSR count). The average molecular weight is 545 g/mol. The summed E-state index contributed by atoms with van der Waals surface area (Å²) in [6.45, 7) is 7.57. The molecule has 40 heavy (non-hydrogen) atoms. The first kappa shape index (κ1) is 28.2. The summed E-state index contributed by atoms with van der Waals surface area (Å²) in [5, 5.41) is 8.24. The first-order valence-electron chi connectivity index (χ1n) is 14.9. The Morgan fingerprint density at radius 3 is 2.38 bits per heavy atom. The minimum absolute atomic E-state index is 0.241. The van der Waals surface area contributed by atoms with Crippen molar-refractivity contribution in [3.8, 4) is 0 Å². The minimum atomic E-state index is -0.429. The number of aromatic nitrogens is 1. The molecular formula is C33H44N4O3. The van der Waals surface area contributed by atoms with Gasteiger partial charge in [-0.25, -0.2) is 4.79 Å². The maximum atomic E-state index is 12.7. The predicted molar refractivity (Wildman–Crippen MR) is 160 cm³/mol. The third-order valence-electron chi connectivity index (χ3n) is 9.02. The molecular weight excluding hydrogens is 500 g/mol. The molecule has 0 unspecified atom stereocenters. The van der Waals surface area contributed by atoms with Crippen molar-refractivity contribution < 1.29 is 14.4 Å². The number of ether oxygens (including phenoxy) is 1. The number of oxime groups is 1. The van der Waals surface area contributed by atoms with Gasteiger partial charge in [-0.1, -0.05) is 67.5 Å². The number of hydrogen-bond acceptors (Lipinski definition) is 5. The standard InChI is InChI=1S/C33H44N4O3/c1-24(2)26-13-15-27(16-14-26)36-19-17-28(18-20-36)37-31-12-8-7-11-29(31)30(21-35-39-3)32(37)22-34-33(38)40-23-25-9-5-4-6-10-25/h4-12,21,24,26-28H,13-20,22-23H2,1-3H3,(H,34,38)/t26-,27+. The third-order valence-corrected chi connectivity index (χ3v) is 9.02. The van der Waals surface area contributed by atoms with Crippen LogP contribution >= 0.6 is 0 Å².